The molecule has 1 aromatic heterocycles. The van der Waals surface area contributed by atoms with Crippen LogP contribution in [0.2, 0.25) is 0 Å². The number of fused-ring (bicyclic) bond motifs is 1. The fourth-order valence-corrected chi connectivity index (χ4v) is 4.69. The van der Waals surface area contributed by atoms with Crippen molar-refractivity contribution in [1.82, 2.24) is 14.5 Å². The lowest BCUT2D eigenvalue weighted by Gasteiger charge is -2.37. The molecule has 0 aromatic carbocycles. The predicted molar refractivity (Wildman–Crippen MR) is 97.7 cm³/mol. The zero-order valence-corrected chi connectivity index (χ0v) is 15.7. The fourth-order valence-electron chi connectivity index (χ4n) is 4.69. The van der Waals surface area contributed by atoms with Crippen LogP contribution in [0.4, 0.5) is 13.2 Å². The van der Waals surface area contributed by atoms with E-state index in [2.05, 4.69) is 4.98 Å². The highest BCUT2D eigenvalue weighted by Crippen LogP contribution is 2.45. The molecule has 0 spiro atoms. The molecule has 1 aromatic rings. The maximum absolute atomic E-state index is 15.2. The lowest BCUT2D eigenvalue weighted by molar-refractivity contribution is -0.0346. The van der Waals surface area contributed by atoms with Gasteiger partial charge in [0.2, 0.25) is 0 Å². The number of hydrogen-bond acceptors (Lipinski definition) is 5. The predicted octanol–water partition coefficient (Wildman–Crippen LogP) is 0.868. The Labute approximate surface area is 159 Å². The van der Waals surface area contributed by atoms with E-state index in [1.807, 2.05) is 0 Å². The molecule has 10 heteroatoms. The maximum atomic E-state index is 15.2. The van der Waals surface area contributed by atoms with Gasteiger partial charge in [-0.05, 0) is 19.8 Å². The standard InChI is InChI=1S/C18H24F3N5O2/c1-7-14-11(16(27)24-17(28)26(14)9-3-4-9)13(23)12(19)15(7)25-5-10(8(2)22)18(20,21)6-25/h7-10,15H,3-6,22-23H2,1-2H3,(H,24,27,28). The van der Waals surface area contributed by atoms with Crippen molar-refractivity contribution in [1.29, 1.82) is 0 Å². The monoisotopic (exact) mass is 399 g/mol. The van der Waals surface area contributed by atoms with Crippen LogP contribution in [0.3, 0.4) is 0 Å². The lowest BCUT2D eigenvalue weighted by atomic mass is 9.85. The van der Waals surface area contributed by atoms with Crippen LogP contribution in [-0.4, -0.2) is 45.5 Å². The third kappa shape index (κ3) is 2.73. The van der Waals surface area contributed by atoms with Crippen molar-refractivity contribution in [2.24, 2.45) is 17.4 Å². The van der Waals surface area contributed by atoms with Crippen LogP contribution in [0.25, 0.3) is 5.70 Å². The van der Waals surface area contributed by atoms with Gasteiger partial charge in [0.05, 0.1) is 29.8 Å². The molecule has 1 aliphatic heterocycles. The van der Waals surface area contributed by atoms with Crippen LogP contribution in [0.1, 0.15) is 49.9 Å². The molecule has 4 rings (SSSR count). The van der Waals surface area contributed by atoms with Crippen LogP contribution in [0, 0.1) is 5.92 Å². The van der Waals surface area contributed by atoms with E-state index in [0.29, 0.717) is 5.69 Å². The molecular weight excluding hydrogens is 375 g/mol. The van der Waals surface area contributed by atoms with E-state index in [1.54, 1.807) is 6.92 Å². The molecule has 154 valence electrons. The van der Waals surface area contributed by atoms with E-state index >= 15 is 4.39 Å². The summed E-state index contributed by atoms with van der Waals surface area (Å²) in [6.45, 7) is 2.41. The Balaban J connectivity index is 1.84. The van der Waals surface area contributed by atoms with Gasteiger partial charge < -0.3 is 11.5 Å². The minimum Gasteiger partial charge on any atom is -0.396 e. The number of nitrogens with zero attached hydrogens (tertiary/aromatic N) is 2. The lowest BCUT2D eigenvalue weighted by Crippen LogP contribution is -2.47. The first-order chi connectivity index (χ1) is 13.0. The van der Waals surface area contributed by atoms with Gasteiger partial charge >= 0.3 is 5.69 Å². The summed E-state index contributed by atoms with van der Waals surface area (Å²) >= 11 is 0. The number of rotatable bonds is 3. The number of aromatic nitrogens is 2. The summed E-state index contributed by atoms with van der Waals surface area (Å²) in [4.78, 5) is 28.3. The molecular formula is C18H24F3N5O2. The summed E-state index contributed by atoms with van der Waals surface area (Å²) in [7, 11) is 0. The Morgan fingerprint density at radius 3 is 2.46 bits per heavy atom. The molecule has 2 heterocycles. The SMILES string of the molecule is CC(N)C1CN(C2C(F)=C(N)c3c(n(C4CC4)c(=O)[nH]c3=O)C2C)CC1(F)F. The largest absolute Gasteiger partial charge is 0.396 e. The van der Waals surface area contributed by atoms with Crippen LogP contribution < -0.4 is 22.7 Å². The molecule has 1 saturated carbocycles. The number of likely N-dealkylation sites (tertiary alicyclic amines) is 1. The highest BCUT2D eigenvalue weighted by Gasteiger charge is 2.54. The maximum Gasteiger partial charge on any atom is 0.328 e. The highest BCUT2D eigenvalue weighted by atomic mass is 19.3. The number of halogens is 3. The zero-order valence-electron chi connectivity index (χ0n) is 15.7. The van der Waals surface area contributed by atoms with Gasteiger partial charge in [0.25, 0.3) is 11.5 Å². The first-order valence-corrected chi connectivity index (χ1v) is 9.46. The summed E-state index contributed by atoms with van der Waals surface area (Å²) in [5.41, 5.74) is 10.2. The molecule has 3 aliphatic rings. The number of nitrogens with one attached hydrogen (secondary N) is 1. The van der Waals surface area contributed by atoms with Gasteiger partial charge in [0.1, 0.15) is 5.83 Å². The molecule has 7 nitrogen and oxygen atoms in total. The van der Waals surface area contributed by atoms with Gasteiger partial charge in [0, 0.05) is 30.2 Å². The Bertz CT molecular complexity index is 963. The van der Waals surface area contributed by atoms with Crippen LogP contribution in [0.15, 0.2) is 15.4 Å². The molecule has 4 unspecified atom stereocenters. The Hall–Kier alpha value is -2.07. The average Bonchev–Trinajstić information content (AvgIpc) is 3.35. The summed E-state index contributed by atoms with van der Waals surface area (Å²) in [6.07, 6.45) is 1.52. The Morgan fingerprint density at radius 2 is 1.93 bits per heavy atom. The third-order valence-electron chi connectivity index (χ3n) is 6.20. The normalized spacial score (nSPS) is 31.1. The van der Waals surface area contributed by atoms with E-state index in [0.717, 1.165) is 12.8 Å². The first-order valence-electron chi connectivity index (χ1n) is 9.46. The summed E-state index contributed by atoms with van der Waals surface area (Å²) in [5.74, 6) is -5.68. The van der Waals surface area contributed by atoms with E-state index in [9.17, 15) is 18.4 Å². The Morgan fingerprint density at radius 1 is 1.29 bits per heavy atom. The van der Waals surface area contributed by atoms with Crippen molar-refractivity contribution in [2.75, 3.05) is 13.1 Å². The van der Waals surface area contributed by atoms with Crippen LogP contribution >= 0.6 is 0 Å². The van der Waals surface area contributed by atoms with Crippen molar-refractivity contribution in [3.05, 3.63) is 37.9 Å². The minimum atomic E-state index is -3.06. The summed E-state index contributed by atoms with van der Waals surface area (Å²) in [5, 5.41) is 0. The van der Waals surface area contributed by atoms with Gasteiger partial charge in [-0.25, -0.2) is 18.0 Å². The second-order valence-electron chi connectivity index (χ2n) is 8.27. The highest BCUT2D eigenvalue weighted by molar-refractivity contribution is 5.70. The second-order valence-corrected chi connectivity index (χ2v) is 8.27. The van der Waals surface area contributed by atoms with Gasteiger partial charge in [-0.2, -0.15) is 0 Å². The molecule has 28 heavy (non-hydrogen) atoms. The van der Waals surface area contributed by atoms with Gasteiger partial charge in [-0.15, -0.1) is 0 Å². The van der Waals surface area contributed by atoms with Crippen molar-refractivity contribution >= 4 is 5.70 Å². The fraction of sp³-hybridized carbons (Fsp3) is 0.667. The summed E-state index contributed by atoms with van der Waals surface area (Å²) in [6, 6.07) is -1.93. The van der Waals surface area contributed by atoms with E-state index in [-0.39, 0.29) is 23.8 Å². The zero-order chi connectivity index (χ0) is 20.5. The van der Waals surface area contributed by atoms with E-state index < -0.39 is 53.5 Å². The molecule has 0 amide bonds. The van der Waals surface area contributed by atoms with Crippen molar-refractivity contribution < 1.29 is 13.2 Å². The molecule has 2 fully saturated rings. The number of H-pyrrole nitrogens is 1. The van der Waals surface area contributed by atoms with Crippen molar-refractivity contribution in [3.8, 4) is 0 Å². The van der Waals surface area contributed by atoms with Gasteiger partial charge in [-0.1, -0.05) is 6.92 Å². The molecule has 2 aliphatic carbocycles. The Kier molecular flexibility index (Phi) is 4.27. The van der Waals surface area contributed by atoms with E-state index in [4.69, 9.17) is 11.5 Å². The topological polar surface area (TPSA) is 110 Å². The number of aromatic amines is 1. The average molecular weight is 399 g/mol. The quantitative estimate of drug-likeness (QED) is 0.699. The molecule has 0 radical (unpaired) electrons. The smallest absolute Gasteiger partial charge is 0.328 e. The number of hydrogen-bond donors (Lipinski definition) is 3. The first kappa shape index (κ1) is 19.3. The van der Waals surface area contributed by atoms with Gasteiger partial charge in [-0.3, -0.25) is 19.2 Å². The number of alkyl halides is 2. The third-order valence-corrected chi connectivity index (χ3v) is 6.20. The van der Waals surface area contributed by atoms with Crippen LogP contribution in [0.5, 0.6) is 0 Å². The van der Waals surface area contributed by atoms with Crippen LogP contribution in [-0.2, 0) is 0 Å². The van der Waals surface area contributed by atoms with Crippen molar-refractivity contribution in [2.45, 2.75) is 56.7 Å². The molecule has 4 atom stereocenters. The second kappa shape index (κ2) is 6.21. The number of nitrogens with two attached hydrogens (primary N) is 2. The molecule has 1 saturated heterocycles. The summed E-state index contributed by atoms with van der Waals surface area (Å²) < 4.78 is 45.6. The molecule has 5 N–H and O–H groups in total. The van der Waals surface area contributed by atoms with E-state index in [1.165, 1.54) is 16.4 Å². The molecule has 0 bridgehead atoms. The van der Waals surface area contributed by atoms with Crippen molar-refractivity contribution in [3.63, 3.8) is 0 Å². The van der Waals surface area contributed by atoms with Gasteiger partial charge in [0.15, 0.2) is 0 Å². The minimum absolute atomic E-state index is 0.0672.